The number of benzene rings is 1. The summed E-state index contributed by atoms with van der Waals surface area (Å²) in [4.78, 5) is 23.4. The molecule has 0 saturated carbocycles. The molecule has 7 heteroatoms. The number of rotatable bonds is 4. The largest absolute Gasteiger partial charge is 0.366 e. The van der Waals surface area contributed by atoms with Crippen LogP contribution in [-0.4, -0.2) is 10.5 Å². The minimum Gasteiger partial charge on any atom is -0.366 e. The summed E-state index contributed by atoms with van der Waals surface area (Å²) in [6.07, 6.45) is 0.975. The molecule has 0 spiro atoms. The fraction of sp³-hybridized carbons (Fsp3) is 0.200. The number of nitrogens with zero attached hydrogens (tertiary/aromatic N) is 1. The fourth-order valence-corrected chi connectivity index (χ4v) is 2.47. The number of halogens is 3. The monoisotopic (exact) mass is 370 g/mol. The molecule has 116 valence electrons. The summed E-state index contributed by atoms with van der Waals surface area (Å²) < 4.78 is 29.8. The van der Waals surface area contributed by atoms with Crippen LogP contribution in [0, 0.1) is 11.6 Å². The second-order valence-corrected chi connectivity index (χ2v) is 5.62. The quantitative estimate of drug-likeness (QED) is 0.898. The number of hydrogen-bond acceptors (Lipinski definition) is 2. The Balaban J connectivity index is 2.61. The molecule has 0 fully saturated rings. The number of aryl methyl sites for hydroxylation is 1. The molecular weight excluding hydrogens is 358 g/mol. The number of carbonyl (C=O) groups is 1. The van der Waals surface area contributed by atoms with Gasteiger partial charge in [-0.15, -0.1) is 0 Å². The fourth-order valence-electron chi connectivity index (χ4n) is 2.14. The minimum atomic E-state index is -1.08. The molecule has 2 aromatic rings. The van der Waals surface area contributed by atoms with Crippen molar-refractivity contribution in [1.29, 1.82) is 0 Å². The lowest BCUT2D eigenvalue weighted by molar-refractivity contribution is 0.0998. The second-order valence-electron chi connectivity index (χ2n) is 4.70. The van der Waals surface area contributed by atoms with Gasteiger partial charge in [-0.3, -0.25) is 9.59 Å². The van der Waals surface area contributed by atoms with Crippen LogP contribution in [0.1, 0.15) is 28.4 Å². The summed E-state index contributed by atoms with van der Waals surface area (Å²) in [7, 11) is 0. The molecule has 2 rings (SSSR count). The highest BCUT2D eigenvalue weighted by atomic mass is 79.9. The molecule has 1 aromatic heterocycles. The number of aromatic nitrogens is 1. The van der Waals surface area contributed by atoms with E-state index < -0.39 is 23.1 Å². The van der Waals surface area contributed by atoms with Crippen molar-refractivity contribution < 1.29 is 13.6 Å². The Bertz CT molecular complexity index is 803. The number of primary amides is 1. The Labute approximate surface area is 133 Å². The molecule has 0 aliphatic rings. The predicted molar refractivity (Wildman–Crippen MR) is 81.8 cm³/mol. The van der Waals surface area contributed by atoms with Crippen molar-refractivity contribution in [2.24, 2.45) is 5.73 Å². The van der Waals surface area contributed by atoms with Crippen LogP contribution in [0.2, 0.25) is 0 Å². The van der Waals surface area contributed by atoms with Crippen molar-refractivity contribution in [3.05, 3.63) is 67.5 Å². The first-order chi connectivity index (χ1) is 10.3. The zero-order valence-electron chi connectivity index (χ0n) is 11.7. The average Bonchev–Trinajstić information content (AvgIpc) is 2.46. The average molecular weight is 371 g/mol. The first-order valence-corrected chi connectivity index (χ1v) is 7.30. The maximum atomic E-state index is 14.3. The lowest BCUT2D eigenvalue weighted by Gasteiger charge is -2.12. The van der Waals surface area contributed by atoms with Crippen LogP contribution in [0.15, 0.2) is 33.7 Å². The minimum absolute atomic E-state index is 0.124. The van der Waals surface area contributed by atoms with E-state index in [1.807, 2.05) is 0 Å². The van der Waals surface area contributed by atoms with Crippen molar-refractivity contribution >= 4 is 21.8 Å². The Morgan fingerprint density at radius 3 is 2.59 bits per heavy atom. The van der Waals surface area contributed by atoms with Crippen LogP contribution in [0.25, 0.3) is 0 Å². The molecule has 0 bridgehead atoms. The summed E-state index contributed by atoms with van der Waals surface area (Å²) in [5.41, 5.74) is 4.24. The van der Waals surface area contributed by atoms with E-state index in [1.54, 1.807) is 13.0 Å². The molecule has 1 amide bonds. The first kappa shape index (κ1) is 16.4. The van der Waals surface area contributed by atoms with E-state index in [9.17, 15) is 18.4 Å². The topological polar surface area (TPSA) is 65.1 Å². The Kier molecular flexibility index (Phi) is 4.75. The maximum absolute atomic E-state index is 14.3. The molecule has 0 aliphatic carbocycles. The molecule has 22 heavy (non-hydrogen) atoms. The highest BCUT2D eigenvalue weighted by molar-refractivity contribution is 9.10. The van der Waals surface area contributed by atoms with E-state index in [4.69, 9.17) is 5.73 Å². The van der Waals surface area contributed by atoms with Gasteiger partial charge in [0.1, 0.15) is 5.82 Å². The lowest BCUT2D eigenvalue weighted by atomic mass is 10.00. The summed E-state index contributed by atoms with van der Waals surface area (Å²) in [5, 5.41) is 0. The predicted octanol–water partition coefficient (Wildman–Crippen LogP) is 2.60. The summed E-state index contributed by atoms with van der Waals surface area (Å²) in [5.74, 6) is -2.52. The van der Waals surface area contributed by atoms with Gasteiger partial charge in [-0.2, -0.15) is 0 Å². The summed E-state index contributed by atoms with van der Waals surface area (Å²) in [6.45, 7) is 1.84. The standard InChI is InChI=1S/C15H13BrF2N2O2/c1-2-20-7-11(14(19)21)10(13(18)15(20)22)5-8-3-4-9(16)6-12(8)17/h3-4,6-7H,2,5H2,1H3,(H2,19,21). The van der Waals surface area contributed by atoms with Gasteiger partial charge in [-0.25, -0.2) is 8.78 Å². The van der Waals surface area contributed by atoms with Crippen molar-refractivity contribution in [1.82, 2.24) is 4.57 Å². The molecular formula is C15H13BrF2N2O2. The Morgan fingerprint density at radius 1 is 1.36 bits per heavy atom. The normalized spacial score (nSPS) is 10.7. The number of pyridine rings is 1. The summed E-state index contributed by atoms with van der Waals surface area (Å²) in [6, 6.07) is 4.27. The molecule has 0 atom stereocenters. The lowest BCUT2D eigenvalue weighted by Crippen LogP contribution is -2.28. The number of carbonyl (C=O) groups excluding carboxylic acids is 1. The van der Waals surface area contributed by atoms with Crippen molar-refractivity contribution in [2.75, 3.05) is 0 Å². The van der Waals surface area contributed by atoms with Crippen LogP contribution < -0.4 is 11.3 Å². The highest BCUT2D eigenvalue weighted by Crippen LogP contribution is 2.21. The highest BCUT2D eigenvalue weighted by Gasteiger charge is 2.20. The SMILES string of the molecule is CCn1cc(C(N)=O)c(Cc2ccc(Br)cc2F)c(F)c1=O. The smallest absolute Gasteiger partial charge is 0.286 e. The molecule has 1 aromatic carbocycles. The van der Waals surface area contributed by atoms with Crippen LogP contribution in [0.4, 0.5) is 8.78 Å². The van der Waals surface area contributed by atoms with Crippen LogP contribution in [0.5, 0.6) is 0 Å². The number of amides is 1. The molecule has 0 radical (unpaired) electrons. The van der Waals surface area contributed by atoms with Gasteiger partial charge < -0.3 is 10.3 Å². The third-order valence-corrected chi connectivity index (χ3v) is 3.81. The summed E-state index contributed by atoms with van der Waals surface area (Å²) >= 11 is 3.12. The molecule has 0 unspecified atom stereocenters. The maximum Gasteiger partial charge on any atom is 0.286 e. The van der Waals surface area contributed by atoms with Crippen LogP contribution >= 0.6 is 15.9 Å². The van der Waals surface area contributed by atoms with Crippen molar-refractivity contribution in [2.45, 2.75) is 19.9 Å². The van der Waals surface area contributed by atoms with E-state index >= 15 is 0 Å². The van der Waals surface area contributed by atoms with E-state index in [1.165, 1.54) is 18.3 Å². The van der Waals surface area contributed by atoms with Gasteiger partial charge in [0.25, 0.3) is 11.5 Å². The third kappa shape index (κ3) is 3.09. The zero-order chi connectivity index (χ0) is 16.4. The molecule has 4 nitrogen and oxygen atoms in total. The second kappa shape index (κ2) is 6.39. The van der Waals surface area contributed by atoms with E-state index in [-0.39, 0.29) is 29.7 Å². The van der Waals surface area contributed by atoms with Crippen LogP contribution in [0.3, 0.4) is 0 Å². The van der Waals surface area contributed by atoms with Gasteiger partial charge in [-0.1, -0.05) is 22.0 Å². The molecule has 1 heterocycles. The zero-order valence-corrected chi connectivity index (χ0v) is 13.3. The van der Waals surface area contributed by atoms with Gasteiger partial charge in [0.05, 0.1) is 5.56 Å². The van der Waals surface area contributed by atoms with Crippen LogP contribution in [-0.2, 0) is 13.0 Å². The molecule has 0 saturated heterocycles. The van der Waals surface area contributed by atoms with E-state index in [2.05, 4.69) is 15.9 Å². The van der Waals surface area contributed by atoms with Crippen molar-refractivity contribution in [3.63, 3.8) is 0 Å². The number of hydrogen-bond donors (Lipinski definition) is 1. The Morgan fingerprint density at radius 2 is 2.05 bits per heavy atom. The van der Waals surface area contributed by atoms with Gasteiger partial charge >= 0.3 is 0 Å². The number of nitrogens with two attached hydrogens (primary N) is 1. The Hall–Kier alpha value is -2.02. The first-order valence-electron chi connectivity index (χ1n) is 6.50. The van der Waals surface area contributed by atoms with Gasteiger partial charge in [0.15, 0.2) is 5.82 Å². The third-order valence-electron chi connectivity index (χ3n) is 3.31. The van der Waals surface area contributed by atoms with E-state index in [0.717, 1.165) is 4.57 Å². The molecule has 2 N–H and O–H groups in total. The molecule has 0 aliphatic heterocycles. The van der Waals surface area contributed by atoms with Gasteiger partial charge in [0.2, 0.25) is 0 Å². The van der Waals surface area contributed by atoms with Gasteiger partial charge in [0, 0.05) is 29.2 Å². The van der Waals surface area contributed by atoms with E-state index in [0.29, 0.717) is 4.47 Å². The van der Waals surface area contributed by atoms with Crippen molar-refractivity contribution in [3.8, 4) is 0 Å². The van der Waals surface area contributed by atoms with Gasteiger partial charge in [-0.05, 0) is 24.6 Å².